The van der Waals surface area contributed by atoms with Gasteiger partial charge in [0.05, 0.1) is 0 Å². The van der Waals surface area contributed by atoms with Gasteiger partial charge in [0.2, 0.25) is 5.91 Å². The van der Waals surface area contributed by atoms with Crippen molar-refractivity contribution >= 4 is 29.3 Å². The SMILES string of the molecule is CC(C)NC(=S)NC(=O)C=Cc1ccccc1. The fourth-order valence-electron chi connectivity index (χ4n) is 1.19. The van der Waals surface area contributed by atoms with E-state index < -0.39 is 0 Å². The fourth-order valence-corrected chi connectivity index (χ4v) is 1.52. The molecule has 0 heterocycles. The summed E-state index contributed by atoms with van der Waals surface area (Å²) in [5, 5.41) is 5.86. The van der Waals surface area contributed by atoms with E-state index in [-0.39, 0.29) is 11.9 Å². The minimum Gasteiger partial charge on any atom is -0.360 e. The minimum atomic E-state index is -0.230. The van der Waals surface area contributed by atoms with Crippen molar-refractivity contribution in [1.29, 1.82) is 0 Å². The molecule has 0 aliphatic rings. The first-order valence-corrected chi connectivity index (χ1v) is 5.83. The quantitative estimate of drug-likeness (QED) is 0.636. The molecule has 3 nitrogen and oxygen atoms in total. The molecular formula is C13H16N2OS. The van der Waals surface area contributed by atoms with Crippen LogP contribution in [0, 0.1) is 0 Å². The van der Waals surface area contributed by atoms with E-state index >= 15 is 0 Å². The van der Waals surface area contributed by atoms with Crippen LogP contribution in [0.1, 0.15) is 19.4 Å². The van der Waals surface area contributed by atoms with Crippen LogP contribution in [0.2, 0.25) is 0 Å². The molecule has 0 bridgehead atoms. The minimum absolute atomic E-state index is 0.209. The summed E-state index contributed by atoms with van der Waals surface area (Å²) in [5.41, 5.74) is 0.977. The van der Waals surface area contributed by atoms with Gasteiger partial charge in [-0.2, -0.15) is 0 Å². The third-order valence-electron chi connectivity index (χ3n) is 1.88. The molecule has 1 amide bonds. The highest BCUT2D eigenvalue weighted by molar-refractivity contribution is 7.80. The molecule has 0 aliphatic heterocycles. The Labute approximate surface area is 107 Å². The van der Waals surface area contributed by atoms with Crippen LogP contribution in [0.25, 0.3) is 6.08 Å². The molecule has 0 atom stereocenters. The summed E-state index contributed by atoms with van der Waals surface area (Å²) in [7, 11) is 0. The number of rotatable bonds is 3. The van der Waals surface area contributed by atoms with Crippen LogP contribution >= 0.6 is 12.2 Å². The van der Waals surface area contributed by atoms with E-state index in [1.165, 1.54) is 6.08 Å². The van der Waals surface area contributed by atoms with E-state index in [9.17, 15) is 4.79 Å². The zero-order valence-electron chi connectivity index (χ0n) is 9.94. The van der Waals surface area contributed by atoms with E-state index in [0.717, 1.165) is 5.56 Å². The molecule has 0 radical (unpaired) electrons. The standard InChI is InChI=1S/C13H16N2OS/c1-10(2)14-13(17)15-12(16)9-8-11-6-4-3-5-7-11/h3-10H,1-2H3,(H2,14,15,16,17). The Morgan fingerprint density at radius 2 is 1.94 bits per heavy atom. The lowest BCUT2D eigenvalue weighted by Crippen LogP contribution is -2.41. The molecule has 0 saturated carbocycles. The summed E-state index contributed by atoms with van der Waals surface area (Å²) in [5.74, 6) is -0.230. The van der Waals surface area contributed by atoms with E-state index in [4.69, 9.17) is 12.2 Å². The largest absolute Gasteiger partial charge is 0.360 e. The van der Waals surface area contributed by atoms with Crippen molar-refractivity contribution in [3.05, 3.63) is 42.0 Å². The molecule has 0 saturated heterocycles. The molecule has 0 spiro atoms. The number of nitrogens with one attached hydrogen (secondary N) is 2. The monoisotopic (exact) mass is 248 g/mol. The maximum absolute atomic E-state index is 11.5. The molecule has 1 rings (SSSR count). The third kappa shape index (κ3) is 5.82. The predicted molar refractivity (Wildman–Crippen MR) is 74.5 cm³/mol. The van der Waals surface area contributed by atoms with Gasteiger partial charge in [0.15, 0.2) is 5.11 Å². The van der Waals surface area contributed by atoms with Crippen molar-refractivity contribution in [2.45, 2.75) is 19.9 Å². The van der Waals surface area contributed by atoms with Crippen LogP contribution in [0.3, 0.4) is 0 Å². The number of hydrogen-bond donors (Lipinski definition) is 2. The maximum Gasteiger partial charge on any atom is 0.250 e. The second-order valence-electron chi connectivity index (χ2n) is 3.86. The second-order valence-corrected chi connectivity index (χ2v) is 4.27. The van der Waals surface area contributed by atoms with Crippen LogP contribution in [-0.4, -0.2) is 17.1 Å². The van der Waals surface area contributed by atoms with Gasteiger partial charge in [0.1, 0.15) is 0 Å². The summed E-state index contributed by atoms with van der Waals surface area (Å²) >= 11 is 4.96. The molecule has 17 heavy (non-hydrogen) atoms. The van der Waals surface area contributed by atoms with Gasteiger partial charge in [-0.1, -0.05) is 30.3 Å². The molecule has 90 valence electrons. The highest BCUT2D eigenvalue weighted by Gasteiger charge is 2.01. The lowest BCUT2D eigenvalue weighted by Gasteiger charge is -2.10. The van der Waals surface area contributed by atoms with E-state index in [1.807, 2.05) is 44.2 Å². The van der Waals surface area contributed by atoms with Gasteiger partial charge in [0.25, 0.3) is 0 Å². The Balaban J connectivity index is 2.45. The van der Waals surface area contributed by atoms with Crippen molar-refractivity contribution < 1.29 is 4.79 Å². The number of benzene rings is 1. The van der Waals surface area contributed by atoms with E-state index in [1.54, 1.807) is 6.08 Å². The van der Waals surface area contributed by atoms with Crippen molar-refractivity contribution in [1.82, 2.24) is 10.6 Å². The van der Waals surface area contributed by atoms with Crippen molar-refractivity contribution in [3.63, 3.8) is 0 Å². The number of carbonyl (C=O) groups is 1. The second kappa shape index (κ2) is 6.81. The summed E-state index contributed by atoms with van der Waals surface area (Å²) < 4.78 is 0. The zero-order chi connectivity index (χ0) is 12.7. The molecule has 0 aliphatic carbocycles. The Morgan fingerprint density at radius 3 is 2.53 bits per heavy atom. The summed E-state index contributed by atoms with van der Waals surface area (Å²) in [6.07, 6.45) is 3.21. The Hall–Kier alpha value is -1.68. The van der Waals surface area contributed by atoms with Crippen LogP contribution in [0.5, 0.6) is 0 Å². The van der Waals surface area contributed by atoms with Gasteiger partial charge in [-0.3, -0.25) is 10.1 Å². The van der Waals surface area contributed by atoms with Gasteiger partial charge in [-0.05, 0) is 37.7 Å². The van der Waals surface area contributed by atoms with Gasteiger partial charge in [-0.25, -0.2) is 0 Å². The Morgan fingerprint density at radius 1 is 1.29 bits per heavy atom. The molecule has 2 N–H and O–H groups in total. The Bertz CT molecular complexity index is 413. The van der Waals surface area contributed by atoms with Crippen LogP contribution in [0.4, 0.5) is 0 Å². The normalized spacial score (nSPS) is 10.5. The van der Waals surface area contributed by atoms with Crippen LogP contribution in [0.15, 0.2) is 36.4 Å². The van der Waals surface area contributed by atoms with Crippen LogP contribution in [-0.2, 0) is 4.79 Å². The first kappa shape index (κ1) is 13.4. The molecule has 4 heteroatoms. The molecule has 1 aromatic carbocycles. The average molecular weight is 248 g/mol. The molecule has 0 fully saturated rings. The number of amides is 1. The average Bonchev–Trinajstić information content (AvgIpc) is 2.26. The van der Waals surface area contributed by atoms with Crippen molar-refractivity contribution in [3.8, 4) is 0 Å². The first-order valence-electron chi connectivity index (χ1n) is 5.42. The molecular weight excluding hydrogens is 232 g/mol. The van der Waals surface area contributed by atoms with Gasteiger partial charge < -0.3 is 5.32 Å². The van der Waals surface area contributed by atoms with Gasteiger partial charge in [-0.15, -0.1) is 0 Å². The lowest BCUT2D eigenvalue weighted by atomic mass is 10.2. The van der Waals surface area contributed by atoms with E-state index in [0.29, 0.717) is 5.11 Å². The number of hydrogen-bond acceptors (Lipinski definition) is 2. The maximum atomic E-state index is 11.5. The zero-order valence-corrected chi connectivity index (χ0v) is 10.8. The number of thiocarbonyl (C=S) groups is 1. The number of carbonyl (C=O) groups excluding carboxylic acids is 1. The Kier molecular flexibility index (Phi) is 5.36. The predicted octanol–water partition coefficient (Wildman–Crippen LogP) is 2.10. The fraction of sp³-hybridized carbons (Fsp3) is 0.231. The van der Waals surface area contributed by atoms with Gasteiger partial charge >= 0.3 is 0 Å². The van der Waals surface area contributed by atoms with Gasteiger partial charge in [0, 0.05) is 12.1 Å². The topological polar surface area (TPSA) is 41.1 Å². The third-order valence-corrected chi connectivity index (χ3v) is 2.10. The van der Waals surface area contributed by atoms with E-state index in [2.05, 4.69) is 10.6 Å². The molecule has 0 unspecified atom stereocenters. The summed E-state index contributed by atoms with van der Waals surface area (Å²) in [4.78, 5) is 11.5. The molecule has 1 aromatic rings. The van der Waals surface area contributed by atoms with Crippen molar-refractivity contribution in [2.24, 2.45) is 0 Å². The smallest absolute Gasteiger partial charge is 0.250 e. The highest BCUT2D eigenvalue weighted by atomic mass is 32.1. The first-order chi connectivity index (χ1) is 8.08. The summed E-state index contributed by atoms with van der Waals surface area (Å²) in [6, 6.07) is 9.83. The van der Waals surface area contributed by atoms with Crippen molar-refractivity contribution in [2.75, 3.05) is 0 Å². The lowest BCUT2D eigenvalue weighted by molar-refractivity contribution is -0.115. The summed E-state index contributed by atoms with van der Waals surface area (Å²) in [6.45, 7) is 3.91. The molecule has 0 aromatic heterocycles. The highest BCUT2D eigenvalue weighted by Crippen LogP contribution is 2.00. The van der Waals surface area contributed by atoms with Crippen LogP contribution < -0.4 is 10.6 Å².